The minimum absolute atomic E-state index is 0.0197. The average molecular weight is 453 g/mol. The number of hydrogen-bond acceptors (Lipinski definition) is 9. The minimum Gasteiger partial charge on any atom is -0.480 e. The van der Waals surface area contributed by atoms with Crippen LogP contribution < -0.4 is 15.2 Å². The van der Waals surface area contributed by atoms with Crippen LogP contribution in [0.1, 0.15) is 59.4 Å². The van der Waals surface area contributed by atoms with Crippen molar-refractivity contribution < 1.29 is 43.2 Å². The Bertz CT molecular complexity index is 837. The lowest BCUT2D eigenvalue weighted by atomic mass is 9.86. The second kappa shape index (κ2) is 12.0. The van der Waals surface area contributed by atoms with Crippen LogP contribution in [0, 0.1) is 0 Å². The van der Waals surface area contributed by atoms with E-state index in [9.17, 15) is 24.3 Å². The van der Waals surface area contributed by atoms with E-state index in [1.165, 1.54) is 25.1 Å². The molecule has 0 amide bonds. The molecule has 0 fully saturated rings. The Morgan fingerprint density at radius 3 is 2.03 bits per heavy atom. The molecule has 178 valence electrons. The summed E-state index contributed by atoms with van der Waals surface area (Å²) < 4.78 is 20.4. The zero-order valence-electron chi connectivity index (χ0n) is 19.0. The van der Waals surface area contributed by atoms with E-state index in [4.69, 9.17) is 24.7 Å². The molecule has 1 rings (SSSR count). The number of carbonyl (C=O) groups excluding carboxylic acids is 3. The number of nitrogens with two attached hydrogens (primary N) is 1. The summed E-state index contributed by atoms with van der Waals surface area (Å²) >= 11 is 0. The Morgan fingerprint density at radius 1 is 0.969 bits per heavy atom. The summed E-state index contributed by atoms with van der Waals surface area (Å²) in [6, 6.07) is 4.32. The minimum atomic E-state index is -1.80. The fraction of sp³-hybridized carbons (Fsp3) is 0.545. The van der Waals surface area contributed by atoms with Crippen molar-refractivity contribution in [3.8, 4) is 11.5 Å². The molecule has 0 aromatic heterocycles. The summed E-state index contributed by atoms with van der Waals surface area (Å²) in [6.07, 6.45) is -2.32. The number of ether oxygens (including phenoxy) is 4. The van der Waals surface area contributed by atoms with Gasteiger partial charge in [-0.05, 0) is 38.5 Å². The number of carbonyl (C=O) groups is 4. The Hall–Kier alpha value is -3.14. The molecular formula is C22H31NO9. The predicted molar refractivity (Wildman–Crippen MR) is 113 cm³/mol. The quantitative estimate of drug-likeness (QED) is 0.378. The van der Waals surface area contributed by atoms with E-state index in [-0.39, 0.29) is 43.3 Å². The van der Waals surface area contributed by atoms with Crippen molar-refractivity contribution in [3.05, 3.63) is 23.8 Å². The summed E-state index contributed by atoms with van der Waals surface area (Å²) in [6.45, 7) is 8.03. The molecule has 2 atom stereocenters. The number of aliphatic carboxylic acids is 1. The maximum atomic E-state index is 11.9. The highest BCUT2D eigenvalue weighted by Gasteiger charge is 2.37. The predicted octanol–water partition coefficient (Wildman–Crippen LogP) is 2.98. The van der Waals surface area contributed by atoms with Gasteiger partial charge in [-0.2, -0.15) is 0 Å². The van der Waals surface area contributed by atoms with Crippen LogP contribution in [0.2, 0.25) is 0 Å². The SMILES string of the molecule is CCC(=O)Oc1ccc(CC(N)(C[C@H](C)OC(=O)OC(C)C)C(=O)O)cc1OC(=O)CC. The lowest BCUT2D eigenvalue weighted by Gasteiger charge is -2.28. The van der Waals surface area contributed by atoms with Crippen molar-refractivity contribution in [1.82, 2.24) is 0 Å². The second-order valence-electron chi connectivity index (χ2n) is 7.62. The van der Waals surface area contributed by atoms with Gasteiger partial charge in [0.25, 0.3) is 0 Å². The summed E-state index contributed by atoms with van der Waals surface area (Å²) in [7, 11) is 0. The molecule has 10 heteroatoms. The van der Waals surface area contributed by atoms with E-state index >= 15 is 0 Å². The third-order valence-electron chi connectivity index (χ3n) is 4.26. The molecule has 32 heavy (non-hydrogen) atoms. The van der Waals surface area contributed by atoms with Gasteiger partial charge in [0.2, 0.25) is 0 Å². The number of esters is 2. The van der Waals surface area contributed by atoms with Gasteiger partial charge in [0.1, 0.15) is 11.6 Å². The molecule has 3 N–H and O–H groups in total. The van der Waals surface area contributed by atoms with Crippen molar-refractivity contribution in [1.29, 1.82) is 0 Å². The van der Waals surface area contributed by atoms with Gasteiger partial charge in [-0.1, -0.05) is 19.9 Å². The third-order valence-corrected chi connectivity index (χ3v) is 4.26. The summed E-state index contributed by atoms with van der Waals surface area (Å²) in [5.74, 6) is -2.37. The maximum Gasteiger partial charge on any atom is 0.508 e. The van der Waals surface area contributed by atoms with E-state index in [0.29, 0.717) is 5.56 Å². The van der Waals surface area contributed by atoms with Crippen molar-refractivity contribution in [2.45, 2.75) is 78.0 Å². The lowest BCUT2D eigenvalue weighted by molar-refractivity contribution is -0.145. The van der Waals surface area contributed by atoms with Gasteiger partial charge in [-0.25, -0.2) is 4.79 Å². The van der Waals surface area contributed by atoms with Crippen LogP contribution in [0.3, 0.4) is 0 Å². The number of benzene rings is 1. The fourth-order valence-electron chi connectivity index (χ4n) is 2.75. The molecule has 0 heterocycles. The molecule has 0 saturated heterocycles. The molecule has 0 aliphatic heterocycles. The molecule has 0 aliphatic carbocycles. The molecule has 0 radical (unpaired) electrons. The Labute approximate surface area is 187 Å². The largest absolute Gasteiger partial charge is 0.508 e. The van der Waals surface area contributed by atoms with Gasteiger partial charge in [0.05, 0.1) is 6.10 Å². The number of carboxylic acids is 1. The summed E-state index contributed by atoms with van der Waals surface area (Å²) in [4.78, 5) is 47.0. The lowest BCUT2D eigenvalue weighted by Crippen LogP contribution is -2.52. The zero-order chi connectivity index (χ0) is 24.5. The molecule has 0 bridgehead atoms. The van der Waals surface area contributed by atoms with E-state index in [1.54, 1.807) is 27.7 Å². The van der Waals surface area contributed by atoms with Gasteiger partial charge >= 0.3 is 24.1 Å². The normalized spacial score (nSPS) is 13.6. The van der Waals surface area contributed by atoms with Gasteiger partial charge in [0, 0.05) is 25.7 Å². The van der Waals surface area contributed by atoms with E-state index < -0.39 is 35.7 Å². The van der Waals surface area contributed by atoms with Gasteiger partial charge in [-0.3, -0.25) is 14.4 Å². The van der Waals surface area contributed by atoms with Gasteiger partial charge in [0.15, 0.2) is 11.5 Å². The topological polar surface area (TPSA) is 151 Å². The molecule has 0 saturated carbocycles. The molecule has 0 spiro atoms. The smallest absolute Gasteiger partial charge is 0.480 e. The van der Waals surface area contributed by atoms with E-state index in [2.05, 4.69) is 0 Å². The Kier molecular flexibility index (Phi) is 10.1. The molecule has 0 aliphatic rings. The van der Waals surface area contributed by atoms with Gasteiger partial charge < -0.3 is 29.8 Å². The highest BCUT2D eigenvalue weighted by molar-refractivity contribution is 5.79. The maximum absolute atomic E-state index is 11.9. The van der Waals surface area contributed by atoms with Crippen molar-refractivity contribution in [2.75, 3.05) is 0 Å². The monoisotopic (exact) mass is 453 g/mol. The van der Waals surface area contributed by atoms with Crippen molar-refractivity contribution >= 4 is 24.1 Å². The first-order chi connectivity index (χ1) is 14.9. The molecule has 1 unspecified atom stereocenters. The first-order valence-corrected chi connectivity index (χ1v) is 10.3. The number of hydrogen-bond donors (Lipinski definition) is 2. The van der Waals surface area contributed by atoms with E-state index in [1.807, 2.05) is 0 Å². The first-order valence-electron chi connectivity index (χ1n) is 10.3. The van der Waals surface area contributed by atoms with Crippen LogP contribution in [0.15, 0.2) is 18.2 Å². The van der Waals surface area contributed by atoms with Crippen LogP contribution in [0.25, 0.3) is 0 Å². The first kappa shape index (κ1) is 26.9. The van der Waals surface area contributed by atoms with E-state index in [0.717, 1.165) is 0 Å². The number of rotatable bonds is 11. The molecular weight excluding hydrogens is 422 g/mol. The highest BCUT2D eigenvalue weighted by atomic mass is 16.7. The van der Waals surface area contributed by atoms with Crippen LogP contribution in [-0.2, 0) is 30.3 Å². The Morgan fingerprint density at radius 2 is 1.53 bits per heavy atom. The van der Waals surface area contributed by atoms with Crippen molar-refractivity contribution in [2.24, 2.45) is 5.73 Å². The second-order valence-corrected chi connectivity index (χ2v) is 7.62. The van der Waals surface area contributed by atoms with Crippen LogP contribution in [0.4, 0.5) is 4.79 Å². The molecule has 10 nitrogen and oxygen atoms in total. The van der Waals surface area contributed by atoms with Gasteiger partial charge in [-0.15, -0.1) is 0 Å². The summed E-state index contributed by atoms with van der Waals surface area (Å²) in [5.41, 5.74) is 4.76. The molecule has 1 aromatic rings. The fourth-order valence-corrected chi connectivity index (χ4v) is 2.75. The average Bonchev–Trinajstić information content (AvgIpc) is 2.68. The standard InChI is InChI=1S/C22H31NO9/c1-6-18(24)31-16-9-8-15(10-17(16)32-19(25)7-2)12-22(23,20(26)27)11-14(5)30-21(28)29-13(3)4/h8-10,13-14H,6-7,11-12,23H2,1-5H3,(H,26,27)/t14-,22?/m0/s1. The summed E-state index contributed by atoms with van der Waals surface area (Å²) in [5, 5.41) is 9.73. The van der Waals surface area contributed by atoms with Crippen LogP contribution >= 0.6 is 0 Å². The number of carboxylic acid groups (broad SMARTS) is 1. The third kappa shape index (κ3) is 8.54. The Balaban J connectivity index is 3.10. The molecule has 1 aromatic carbocycles. The van der Waals surface area contributed by atoms with Crippen LogP contribution in [0.5, 0.6) is 11.5 Å². The van der Waals surface area contributed by atoms with Crippen molar-refractivity contribution in [3.63, 3.8) is 0 Å². The zero-order valence-corrected chi connectivity index (χ0v) is 19.0. The van der Waals surface area contributed by atoms with Crippen LogP contribution in [-0.4, -0.2) is 46.9 Å². The highest BCUT2D eigenvalue weighted by Crippen LogP contribution is 2.31.